The summed E-state index contributed by atoms with van der Waals surface area (Å²) in [5.74, 6) is 0.407. The third-order valence-corrected chi connectivity index (χ3v) is 6.75. The Balaban J connectivity index is 1.19. The Morgan fingerprint density at radius 1 is 1.19 bits per heavy atom. The molecule has 32 heavy (non-hydrogen) atoms. The normalized spacial score (nSPS) is 21.8. The molecule has 0 aromatic carbocycles. The van der Waals surface area contributed by atoms with Crippen LogP contribution in [0.2, 0.25) is 0 Å². The fraction of sp³-hybridized carbons (Fsp3) is 0.524. The van der Waals surface area contributed by atoms with Gasteiger partial charge < -0.3 is 19.3 Å². The number of rotatable bonds is 6. The van der Waals surface area contributed by atoms with Gasteiger partial charge in [-0.3, -0.25) is 4.79 Å². The molecule has 0 unspecified atom stereocenters. The minimum Gasteiger partial charge on any atom is -0.456 e. The van der Waals surface area contributed by atoms with Crippen LogP contribution in [0.1, 0.15) is 30.9 Å². The Labute approximate surface area is 185 Å². The summed E-state index contributed by atoms with van der Waals surface area (Å²) in [6.45, 7) is 3.22. The molecule has 11 heteroatoms. The number of aromatic nitrogens is 5. The third-order valence-electron chi connectivity index (χ3n) is 6.75. The Kier molecular flexibility index (Phi) is 5.43. The van der Waals surface area contributed by atoms with Crippen molar-refractivity contribution >= 4 is 11.9 Å². The first-order valence-corrected chi connectivity index (χ1v) is 10.7. The topological polar surface area (TPSA) is 116 Å². The molecule has 0 radical (unpaired) electrons. The van der Waals surface area contributed by atoms with E-state index in [4.69, 9.17) is 9.47 Å². The van der Waals surface area contributed by atoms with Crippen LogP contribution in [0.15, 0.2) is 36.4 Å². The van der Waals surface area contributed by atoms with Crippen LogP contribution in [0.25, 0.3) is 5.82 Å². The number of piperidine rings is 1. The smallest absolute Gasteiger partial charge is 0.333 e. The lowest BCUT2D eigenvalue weighted by molar-refractivity contribution is -0.138. The van der Waals surface area contributed by atoms with Crippen LogP contribution >= 0.6 is 0 Å². The fourth-order valence-electron chi connectivity index (χ4n) is 4.78. The summed E-state index contributed by atoms with van der Waals surface area (Å²) in [5.41, 5.74) is 1.34. The van der Waals surface area contributed by atoms with E-state index in [-0.39, 0.29) is 30.0 Å². The second-order valence-electron chi connectivity index (χ2n) is 8.46. The predicted molar refractivity (Wildman–Crippen MR) is 110 cm³/mol. The summed E-state index contributed by atoms with van der Waals surface area (Å²) in [7, 11) is 1.70. The van der Waals surface area contributed by atoms with Crippen molar-refractivity contribution in [2.45, 2.75) is 25.4 Å². The molecule has 0 saturated carbocycles. The molecule has 0 bridgehead atoms. The Bertz CT molecular complexity index is 1010. The fourth-order valence-corrected chi connectivity index (χ4v) is 4.78. The highest BCUT2D eigenvalue weighted by atomic mass is 16.5. The number of hydrogen-bond donors (Lipinski definition) is 0. The van der Waals surface area contributed by atoms with E-state index < -0.39 is 0 Å². The molecule has 5 rings (SSSR count). The highest BCUT2D eigenvalue weighted by Gasteiger charge is 2.49. The Morgan fingerprint density at radius 2 is 2.00 bits per heavy atom. The van der Waals surface area contributed by atoms with Gasteiger partial charge in [-0.2, -0.15) is 4.68 Å². The van der Waals surface area contributed by atoms with E-state index in [0.717, 1.165) is 44.5 Å². The number of esters is 1. The van der Waals surface area contributed by atoms with Crippen molar-refractivity contribution < 1.29 is 19.1 Å². The van der Waals surface area contributed by atoms with E-state index in [1.54, 1.807) is 18.2 Å². The van der Waals surface area contributed by atoms with Crippen LogP contribution in [0.3, 0.4) is 0 Å². The van der Waals surface area contributed by atoms with Gasteiger partial charge in [-0.05, 0) is 48.8 Å². The highest BCUT2D eigenvalue weighted by molar-refractivity contribution is 5.90. The summed E-state index contributed by atoms with van der Waals surface area (Å²) >= 11 is 0. The monoisotopic (exact) mass is 439 g/mol. The summed E-state index contributed by atoms with van der Waals surface area (Å²) in [5, 5.41) is 11.1. The van der Waals surface area contributed by atoms with Crippen LogP contribution in [0.4, 0.5) is 0 Å². The zero-order chi connectivity index (χ0) is 22.1. The van der Waals surface area contributed by atoms with E-state index in [9.17, 15) is 9.59 Å². The van der Waals surface area contributed by atoms with E-state index >= 15 is 0 Å². The maximum Gasteiger partial charge on any atom is 0.333 e. The molecule has 1 amide bonds. The van der Waals surface area contributed by atoms with Crippen molar-refractivity contribution in [2.75, 3.05) is 39.9 Å². The van der Waals surface area contributed by atoms with Gasteiger partial charge in [-0.15, -0.1) is 5.10 Å². The van der Waals surface area contributed by atoms with Gasteiger partial charge in [0.25, 0.3) is 0 Å². The van der Waals surface area contributed by atoms with Crippen LogP contribution in [-0.2, 0) is 19.1 Å². The Hall–Kier alpha value is -3.18. The molecule has 5 heterocycles. The lowest BCUT2D eigenvalue weighted by Crippen LogP contribution is -2.45. The molecule has 2 aromatic heterocycles. The number of methoxy groups -OCH3 is 1. The average molecular weight is 439 g/mol. The molecule has 2 fully saturated rings. The summed E-state index contributed by atoms with van der Waals surface area (Å²) < 4.78 is 12.2. The van der Waals surface area contributed by atoms with Crippen LogP contribution in [0.5, 0.6) is 0 Å². The van der Waals surface area contributed by atoms with E-state index in [0.29, 0.717) is 18.1 Å². The minimum absolute atomic E-state index is 0.123. The van der Waals surface area contributed by atoms with Gasteiger partial charge in [-0.25, -0.2) is 9.78 Å². The van der Waals surface area contributed by atoms with Crippen molar-refractivity contribution in [3.63, 3.8) is 0 Å². The first kappa shape index (κ1) is 20.7. The van der Waals surface area contributed by atoms with E-state index in [2.05, 4.69) is 25.4 Å². The maximum atomic E-state index is 13.2. The van der Waals surface area contributed by atoms with Crippen molar-refractivity contribution in [3.8, 4) is 5.82 Å². The molecule has 11 nitrogen and oxygen atoms in total. The van der Waals surface area contributed by atoms with Gasteiger partial charge in [0, 0.05) is 38.0 Å². The van der Waals surface area contributed by atoms with Gasteiger partial charge in [0.15, 0.2) is 5.82 Å². The van der Waals surface area contributed by atoms with Crippen molar-refractivity contribution in [3.05, 3.63) is 42.0 Å². The van der Waals surface area contributed by atoms with E-state index in [1.165, 1.54) is 17.1 Å². The predicted octanol–water partition coefficient (Wildman–Crippen LogP) is 0.500. The first-order chi connectivity index (χ1) is 15.6. The second-order valence-corrected chi connectivity index (χ2v) is 8.46. The average Bonchev–Trinajstić information content (AvgIpc) is 3.56. The van der Waals surface area contributed by atoms with Gasteiger partial charge in [0.05, 0.1) is 17.2 Å². The molecular weight excluding hydrogens is 414 g/mol. The van der Waals surface area contributed by atoms with Crippen molar-refractivity contribution in [1.29, 1.82) is 0 Å². The number of pyridine rings is 1. The molecule has 0 aliphatic carbocycles. The largest absolute Gasteiger partial charge is 0.456 e. The van der Waals surface area contributed by atoms with E-state index in [1.807, 2.05) is 12.1 Å². The molecule has 2 saturated heterocycles. The van der Waals surface area contributed by atoms with Crippen LogP contribution in [0, 0.1) is 5.41 Å². The number of likely N-dealkylation sites (tertiary alicyclic amines) is 2. The number of amides is 1. The number of ether oxygens (including phenoxy) is 2. The quantitative estimate of drug-likeness (QED) is 0.593. The summed E-state index contributed by atoms with van der Waals surface area (Å²) in [6.07, 6.45) is 7.03. The third kappa shape index (κ3) is 3.78. The lowest BCUT2D eigenvalue weighted by atomic mass is 9.77. The van der Waals surface area contributed by atoms with Crippen molar-refractivity contribution in [1.82, 2.24) is 35.0 Å². The minimum atomic E-state index is -0.366. The molecule has 0 N–H and O–H groups in total. The van der Waals surface area contributed by atoms with Crippen LogP contribution in [-0.4, -0.2) is 86.8 Å². The lowest BCUT2D eigenvalue weighted by Gasteiger charge is -2.39. The number of carbonyl (C=O) groups is 2. The zero-order valence-corrected chi connectivity index (χ0v) is 17.9. The van der Waals surface area contributed by atoms with Crippen LogP contribution < -0.4 is 0 Å². The Morgan fingerprint density at radius 3 is 2.62 bits per heavy atom. The molecule has 3 aliphatic rings. The molecule has 3 aliphatic heterocycles. The molecule has 1 atom stereocenters. The number of cyclic esters (lactones) is 1. The summed E-state index contributed by atoms with van der Waals surface area (Å²) in [6, 6.07) is 3.83. The van der Waals surface area contributed by atoms with Gasteiger partial charge in [0.1, 0.15) is 12.9 Å². The number of hydrogen-bond acceptors (Lipinski definition) is 9. The molecule has 168 valence electrons. The number of nitrogens with zero attached hydrogens (tertiary/aromatic N) is 7. The summed E-state index contributed by atoms with van der Waals surface area (Å²) in [4.78, 5) is 33.1. The first-order valence-electron chi connectivity index (χ1n) is 10.7. The molecule has 2 aromatic rings. The number of carbonyl (C=O) groups excluding carboxylic acids is 2. The molecular formula is C21H25N7O4. The SMILES string of the molecule is CO[C@@H](CN1CCC2(CC1)CCN(C1=CC(=O)OC1)C2=O)c1ccc(-n2cnnn2)nc1. The van der Waals surface area contributed by atoms with Gasteiger partial charge in [-0.1, -0.05) is 6.07 Å². The number of tetrazole rings is 1. The van der Waals surface area contributed by atoms with Crippen molar-refractivity contribution in [2.24, 2.45) is 5.41 Å². The van der Waals surface area contributed by atoms with Gasteiger partial charge in [0.2, 0.25) is 5.91 Å². The maximum absolute atomic E-state index is 13.2. The zero-order valence-electron chi connectivity index (χ0n) is 17.9. The standard InChI is InChI=1S/C21H25N7O4/c1-31-17(15-2-3-18(22-11-15)28-14-23-24-25-28)12-26-7-4-21(5-8-26)6-9-27(20(21)30)16-10-19(29)32-13-16/h2-3,10-11,14,17H,4-9,12-13H2,1H3/t17-/m0/s1. The van der Waals surface area contributed by atoms with Gasteiger partial charge >= 0.3 is 5.97 Å². The molecule has 1 spiro atoms. The second kappa shape index (κ2) is 8.40. The highest BCUT2D eigenvalue weighted by Crippen LogP contribution is 2.43.